The third-order valence-corrected chi connectivity index (χ3v) is 3.13. The summed E-state index contributed by atoms with van der Waals surface area (Å²) in [5.74, 6) is 0.838. The van der Waals surface area contributed by atoms with E-state index in [9.17, 15) is 8.42 Å². The molecule has 0 spiro atoms. The van der Waals surface area contributed by atoms with Crippen molar-refractivity contribution in [3.63, 3.8) is 0 Å². The molecule has 0 saturated carbocycles. The Kier molecular flexibility index (Phi) is 5.60. The SMILES string of the molecule is C=CCS(=O)(=O)CCCCCl. The summed E-state index contributed by atoms with van der Waals surface area (Å²) in [6.45, 7) is 3.37. The van der Waals surface area contributed by atoms with Crippen LogP contribution >= 0.6 is 11.6 Å². The maximum absolute atomic E-state index is 11.0. The lowest BCUT2D eigenvalue weighted by atomic mass is 10.4. The van der Waals surface area contributed by atoms with Crippen molar-refractivity contribution in [2.75, 3.05) is 17.4 Å². The van der Waals surface area contributed by atoms with Crippen LogP contribution in [0.15, 0.2) is 12.7 Å². The van der Waals surface area contributed by atoms with E-state index in [1.807, 2.05) is 0 Å². The van der Waals surface area contributed by atoms with E-state index in [1.165, 1.54) is 6.08 Å². The van der Waals surface area contributed by atoms with Crippen molar-refractivity contribution in [1.29, 1.82) is 0 Å². The van der Waals surface area contributed by atoms with E-state index in [4.69, 9.17) is 11.6 Å². The highest BCUT2D eigenvalue weighted by atomic mass is 35.5. The first-order valence-corrected chi connectivity index (χ1v) is 5.85. The molecule has 0 atom stereocenters. The van der Waals surface area contributed by atoms with Gasteiger partial charge in [0.1, 0.15) is 0 Å². The van der Waals surface area contributed by atoms with E-state index in [0.29, 0.717) is 12.3 Å². The van der Waals surface area contributed by atoms with Crippen molar-refractivity contribution in [2.45, 2.75) is 12.8 Å². The Balaban J connectivity index is 3.65. The van der Waals surface area contributed by atoms with E-state index in [1.54, 1.807) is 0 Å². The Hall–Kier alpha value is -0.0200. The largest absolute Gasteiger partial charge is 0.229 e. The van der Waals surface area contributed by atoms with Crippen molar-refractivity contribution < 1.29 is 8.42 Å². The predicted molar refractivity (Wildman–Crippen MR) is 48.8 cm³/mol. The number of alkyl halides is 1. The molecule has 0 aliphatic heterocycles. The van der Waals surface area contributed by atoms with Crippen LogP contribution in [0.3, 0.4) is 0 Å². The quantitative estimate of drug-likeness (QED) is 0.368. The van der Waals surface area contributed by atoms with E-state index >= 15 is 0 Å². The van der Waals surface area contributed by atoms with Gasteiger partial charge in [-0.1, -0.05) is 6.08 Å². The maximum atomic E-state index is 11.0. The van der Waals surface area contributed by atoms with E-state index in [0.717, 1.165) is 6.42 Å². The second-order valence-corrected chi connectivity index (χ2v) is 4.91. The first-order chi connectivity index (χ1) is 5.12. The van der Waals surface area contributed by atoms with Crippen LogP contribution in [0.25, 0.3) is 0 Å². The number of hydrogen-bond donors (Lipinski definition) is 0. The molecular formula is C7H13ClO2S. The third kappa shape index (κ3) is 6.38. The van der Waals surface area contributed by atoms with Crippen LogP contribution in [0.2, 0.25) is 0 Å². The molecule has 0 amide bonds. The van der Waals surface area contributed by atoms with Crippen LogP contribution < -0.4 is 0 Å². The first-order valence-electron chi connectivity index (χ1n) is 3.49. The van der Waals surface area contributed by atoms with Gasteiger partial charge >= 0.3 is 0 Å². The number of unbranched alkanes of at least 4 members (excludes halogenated alkanes) is 1. The van der Waals surface area contributed by atoms with Crippen LogP contribution in [0.4, 0.5) is 0 Å². The molecule has 0 bridgehead atoms. The summed E-state index contributed by atoms with van der Waals surface area (Å²) in [5.41, 5.74) is 0. The summed E-state index contributed by atoms with van der Waals surface area (Å²) < 4.78 is 22.0. The van der Waals surface area contributed by atoms with E-state index < -0.39 is 9.84 Å². The zero-order valence-corrected chi connectivity index (χ0v) is 8.00. The first kappa shape index (κ1) is 11.0. The number of hydrogen-bond acceptors (Lipinski definition) is 2. The Morgan fingerprint density at radius 1 is 1.36 bits per heavy atom. The van der Waals surface area contributed by atoms with Gasteiger partial charge < -0.3 is 0 Å². The fourth-order valence-corrected chi connectivity index (χ4v) is 2.04. The molecule has 66 valence electrons. The van der Waals surface area contributed by atoms with Gasteiger partial charge in [0.25, 0.3) is 0 Å². The summed E-state index contributed by atoms with van der Waals surface area (Å²) >= 11 is 5.39. The summed E-state index contributed by atoms with van der Waals surface area (Å²) in [6, 6.07) is 0. The normalized spacial score (nSPS) is 11.4. The smallest absolute Gasteiger partial charge is 0.153 e. The minimum absolute atomic E-state index is 0.0787. The fourth-order valence-electron chi connectivity index (χ4n) is 0.679. The zero-order chi connectivity index (χ0) is 8.74. The molecule has 11 heavy (non-hydrogen) atoms. The molecule has 0 aromatic rings. The van der Waals surface area contributed by atoms with Gasteiger partial charge in [0.05, 0.1) is 11.5 Å². The molecule has 4 heteroatoms. The summed E-state index contributed by atoms with van der Waals surface area (Å²) in [4.78, 5) is 0. The second-order valence-electron chi connectivity index (χ2n) is 2.30. The predicted octanol–water partition coefficient (Wildman–Crippen LogP) is 1.61. The highest BCUT2D eigenvalue weighted by Crippen LogP contribution is 1.98. The Morgan fingerprint density at radius 3 is 2.45 bits per heavy atom. The van der Waals surface area contributed by atoms with Gasteiger partial charge in [0.15, 0.2) is 9.84 Å². The lowest BCUT2D eigenvalue weighted by Crippen LogP contribution is -2.09. The summed E-state index contributed by atoms with van der Waals surface area (Å²) in [7, 11) is -2.88. The molecular weight excluding hydrogens is 184 g/mol. The molecule has 0 rings (SSSR count). The fraction of sp³-hybridized carbons (Fsp3) is 0.714. The van der Waals surface area contributed by atoms with Crippen LogP contribution in [0.5, 0.6) is 0 Å². The van der Waals surface area contributed by atoms with Crippen molar-refractivity contribution in [1.82, 2.24) is 0 Å². The highest BCUT2D eigenvalue weighted by molar-refractivity contribution is 7.91. The Bertz CT molecular complexity index is 196. The van der Waals surface area contributed by atoms with Crippen LogP contribution in [0.1, 0.15) is 12.8 Å². The van der Waals surface area contributed by atoms with Gasteiger partial charge in [-0.3, -0.25) is 0 Å². The second kappa shape index (κ2) is 5.61. The Morgan fingerprint density at radius 2 is 2.00 bits per heavy atom. The molecule has 0 unspecified atom stereocenters. The molecule has 0 aromatic heterocycles. The van der Waals surface area contributed by atoms with Gasteiger partial charge in [-0.2, -0.15) is 0 Å². The third-order valence-electron chi connectivity index (χ3n) is 1.21. The van der Waals surface area contributed by atoms with Gasteiger partial charge in [0, 0.05) is 5.88 Å². The average molecular weight is 197 g/mol. The molecule has 0 aliphatic carbocycles. The van der Waals surface area contributed by atoms with Crippen LogP contribution in [-0.4, -0.2) is 25.8 Å². The van der Waals surface area contributed by atoms with Crippen LogP contribution in [-0.2, 0) is 9.84 Å². The molecule has 0 radical (unpaired) electrons. The minimum atomic E-state index is -2.88. The monoisotopic (exact) mass is 196 g/mol. The number of rotatable bonds is 6. The van der Waals surface area contributed by atoms with Crippen LogP contribution in [0, 0.1) is 0 Å². The standard InChI is InChI=1S/C7H13ClO2S/c1-2-6-11(9,10)7-4-3-5-8/h2H,1,3-7H2. The van der Waals surface area contributed by atoms with Crippen molar-refractivity contribution in [3.05, 3.63) is 12.7 Å². The summed E-state index contributed by atoms with van der Waals surface area (Å²) in [6.07, 6.45) is 2.83. The number of halogens is 1. The zero-order valence-electron chi connectivity index (χ0n) is 6.42. The molecule has 0 saturated heterocycles. The molecule has 0 heterocycles. The highest BCUT2D eigenvalue weighted by Gasteiger charge is 2.06. The molecule has 0 N–H and O–H groups in total. The van der Waals surface area contributed by atoms with Gasteiger partial charge in [-0.15, -0.1) is 18.2 Å². The lowest BCUT2D eigenvalue weighted by molar-refractivity contribution is 0.596. The minimum Gasteiger partial charge on any atom is -0.229 e. The topological polar surface area (TPSA) is 34.1 Å². The lowest BCUT2D eigenvalue weighted by Gasteiger charge is -1.98. The van der Waals surface area contributed by atoms with Gasteiger partial charge in [-0.05, 0) is 12.8 Å². The van der Waals surface area contributed by atoms with Crippen molar-refractivity contribution >= 4 is 21.4 Å². The van der Waals surface area contributed by atoms with E-state index in [2.05, 4.69) is 6.58 Å². The molecule has 0 aliphatic rings. The average Bonchev–Trinajstić information content (AvgIpc) is 1.87. The molecule has 2 nitrogen and oxygen atoms in total. The molecule has 0 aromatic carbocycles. The van der Waals surface area contributed by atoms with E-state index in [-0.39, 0.29) is 11.5 Å². The van der Waals surface area contributed by atoms with Gasteiger partial charge in [-0.25, -0.2) is 8.42 Å². The van der Waals surface area contributed by atoms with Crippen molar-refractivity contribution in [2.24, 2.45) is 0 Å². The summed E-state index contributed by atoms with van der Waals surface area (Å²) in [5, 5.41) is 0. The Labute approximate surface area is 73.2 Å². The number of sulfone groups is 1. The molecule has 0 fully saturated rings. The van der Waals surface area contributed by atoms with Gasteiger partial charge in [0.2, 0.25) is 0 Å². The van der Waals surface area contributed by atoms with Crippen molar-refractivity contribution in [3.8, 4) is 0 Å². The maximum Gasteiger partial charge on any atom is 0.153 e.